The Balaban J connectivity index is 2.07. The zero-order valence-corrected chi connectivity index (χ0v) is 21.0. The van der Waals surface area contributed by atoms with E-state index in [1.165, 1.54) is 0 Å². The molecule has 0 radical (unpaired) electrons. The van der Waals surface area contributed by atoms with E-state index in [0.717, 1.165) is 29.7 Å². The van der Waals surface area contributed by atoms with Crippen molar-refractivity contribution in [3.63, 3.8) is 0 Å². The van der Waals surface area contributed by atoms with Gasteiger partial charge < -0.3 is 24.6 Å². The van der Waals surface area contributed by atoms with Crippen LogP contribution in [0.2, 0.25) is 0 Å². The van der Waals surface area contributed by atoms with Crippen molar-refractivity contribution in [1.82, 2.24) is 0 Å². The highest BCUT2D eigenvalue weighted by Gasteiger charge is 2.11. The zero-order valence-electron chi connectivity index (χ0n) is 21.0. The fourth-order valence-corrected chi connectivity index (χ4v) is 3.22. The molecule has 1 amide bonds. The van der Waals surface area contributed by atoms with Crippen LogP contribution >= 0.6 is 0 Å². The zero-order chi connectivity index (χ0) is 25.5. The maximum Gasteiger partial charge on any atom is 0.331 e. The van der Waals surface area contributed by atoms with Gasteiger partial charge in [-0.3, -0.25) is 4.79 Å². The third kappa shape index (κ3) is 10.2. The minimum Gasteiger partial charge on any atom is -0.490 e. The smallest absolute Gasteiger partial charge is 0.331 e. The van der Waals surface area contributed by atoms with E-state index in [-0.39, 0.29) is 11.5 Å². The number of nitrogens with one attached hydrogen (secondary N) is 1. The highest BCUT2D eigenvalue weighted by molar-refractivity contribution is 5.92. The van der Waals surface area contributed by atoms with Gasteiger partial charge in [-0.1, -0.05) is 38.5 Å². The first-order valence-corrected chi connectivity index (χ1v) is 12.3. The van der Waals surface area contributed by atoms with Gasteiger partial charge in [-0.15, -0.1) is 0 Å². The molecule has 0 bridgehead atoms. The lowest BCUT2D eigenvalue weighted by Gasteiger charge is -2.14. The van der Waals surface area contributed by atoms with Crippen LogP contribution in [0.5, 0.6) is 11.5 Å². The molecule has 0 fully saturated rings. The summed E-state index contributed by atoms with van der Waals surface area (Å²) in [6, 6.07) is 13.2. The van der Waals surface area contributed by atoms with Crippen molar-refractivity contribution in [2.45, 2.75) is 52.9 Å². The summed E-state index contributed by atoms with van der Waals surface area (Å²) >= 11 is 0. The summed E-state index contributed by atoms with van der Waals surface area (Å²) < 4.78 is 17.3. The van der Waals surface area contributed by atoms with Gasteiger partial charge in [0.05, 0.1) is 19.8 Å². The lowest BCUT2D eigenvalue weighted by Crippen LogP contribution is -2.09. The normalized spacial score (nSPS) is 11.2. The van der Waals surface area contributed by atoms with Crippen LogP contribution in [0.25, 0.3) is 6.08 Å². The average Bonchev–Trinajstić information content (AvgIpc) is 2.85. The molecule has 2 rings (SSSR count). The molecule has 0 spiro atoms. The Labute approximate surface area is 208 Å². The maximum atomic E-state index is 11.6. The highest BCUT2D eigenvalue weighted by atomic mass is 16.5. The Morgan fingerprint density at radius 1 is 0.943 bits per heavy atom. The average molecular weight is 484 g/mol. The second-order valence-corrected chi connectivity index (χ2v) is 8.03. The summed E-state index contributed by atoms with van der Waals surface area (Å²) in [5.74, 6) is 0.245. The van der Waals surface area contributed by atoms with Crippen LogP contribution in [-0.4, -0.2) is 43.4 Å². The van der Waals surface area contributed by atoms with Gasteiger partial charge in [0.1, 0.15) is 0 Å². The van der Waals surface area contributed by atoms with Crippen molar-refractivity contribution >= 4 is 23.6 Å². The summed E-state index contributed by atoms with van der Waals surface area (Å²) in [5.41, 5.74) is 2.89. The van der Waals surface area contributed by atoms with Crippen LogP contribution < -0.4 is 14.8 Å². The molecule has 0 aliphatic carbocycles. The maximum absolute atomic E-state index is 11.6. The third-order valence-corrected chi connectivity index (χ3v) is 5.27. The number of carboxylic acids is 1. The van der Waals surface area contributed by atoms with E-state index in [2.05, 4.69) is 12.2 Å². The minimum absolute atomic E-state index is 0.0141. The molecular formula is C28H37NO6. The number of ether oxygens (including phenoxy) is 3. The largest absolute Gasteiger partial charge is 0.490 e. The fraction of sp³-hybridized carbons (Fsp3) is 0.429. The van der Waals surface area contributed by atoms with Gasteiger partial charge in [0.2, 0.25) is 5.91 Å². The van der Waals surface area contributed by atoms with Crippen molar-refractivity contribution in [3.8, 4) is 11.5 Å². The first-order valence-electron chi connectivity index (χ1n) is 12.3. The highest BCUT2D eigenvalue weighted by Crippen LogP contribution is 2.30. The van der Waals surface area contributed by atoms with Gasteiger partial charge in [0.25, 0.3) is 0 Å². The van der Waals surface area contributed by atoms with E-state index in [1.54, 1.807) is 6.08 Å². The molecule has 0 aromatic heterocycles. The molecule has 0 saturated carbocycles. The molecule has 2 aromatic carbocycles. The lowest BCUT2D eigenvalue weighted by atomic mass is 10.1. The number of carbonyl (C=O) groups is 2. The van der Waals surface area contributed by atoms with E-state index >= 15 is 0 Å². The standard InChI is InChI=1S/C28H37NO6/c1-4-7-16-34-26-20-22(19-23(28(31)32)15-17-33-6-3)10-13-25(26)35-18-14-21-8-11-24(12-9-21)29-27(30)5-2/h8-13,19-20H,4-7,14-18H2,1-3H3,(H,29,30)(H,31,32)/b23-19-. The Morgan fingerprint density at radius 2 is 1.69 bits per heavy atom. The first-order chi connectivity index (χ1) is 17.0. The molecule has 7 nitrogen and oxygen atoms in total. The predicted molar refractivity (Wildman–Crippen MR) is 138 cm³/mol. The van der Waals surface area contributed by atoms with E-state index in [0.29, 0.717) is 57.2 Å². The van der Waals surface area contributed by atoms with Gasteiger partial charge in [-0.25, -0.2) is 4.79 Å². The predicted octanol–water partition coefficient (Wildman–Crippen LogP) is 5.73. The number of anilines is 1. The number of carbonyl (C=O) groups excluding carboxylic acids is 1. The summed E-state index contributed by atoms with van der Waals surface area (Å²) in [7, 11) is 0. The van der Waals surface area contributed by atoms with Crippen LogP contribution in [0.15, 0.2) is 48.0 Å². The molecule has 0 heterocycles. The lowest BCUT2D eigenvalue weighted by molar-refractivity contribution is -0.132. The van der Waals surface area contributed by atoms with Crippen LogP contribution in [0.3, 0.4) is 0 Å². The van der Waals surface area contributed by atoms with Gasteiger partial charge in [0, 0.05) is 37.1 Å². The molecule has 2 aromatic rings. The summed E-state index contributed by atoms with van der Waals surface area (Å²) in [6.45, 7) is 7.71. The van der Waals surface area contributed by atoms with E-state index in [4.69, 9.17) is 14.2 Å². The van der Waals surface area contributed by atoms with Crippen LogP contribution in [-0.2, 0) is 20.7 Å². The van der Waals surface area contributed by atoms with Crippen LogP contribution in [0.1, 0.15) is 57.6 Å². The van der Waals surface area contributed by atoms with Crippen LogP contribution in [0, 0.1) is 0 Å². The second-order valence-electron chi connectivity index (χ2n) is 8.03. The second kappa shape index (κ2) is 15.6. The third-order valence-electron chi connectivity index (χ3n) is 5.27. The number of benzene rings is 2. The number of aliphatic carboxylic acids is 1. The number of hydrogen-bond donors (Lipinski definition) is 2. The van der Waals surface area contributed by atoms with Crippen molar-refractivity contribution in [3.05, 3.63) is 59.2 Å². The van der Waals surface area contributed by atoms with Gasteiger partial charge >= 0.3 is 5.97 Å². The first kappa shape index (κ1) is 27.9. The Bertz CT molecular complexity index is 968. The van der Waals surface area contributed by atoms with Crippen molar-refractivity contribution in [2.24, 2.45) is 0 Å². The van der Waals surface area contributed by atoms with Crippen LogP contribution in [0.4, 0.5) is 5.69 Å². The van der Waals surface area contributed by atoms with Crippen molar-refractivity contribution in [1.29, 1.82) is 0 Å². The monoisotopic (exact) mass is 483 g/mol. The van der Waals surface area contributed by atoms with E-state index in [1.807, 2.05) is 56.3 Å². The number of carboxylic acid groups (broad SMARTS) is 1. The molecule has 0 aliphatic heterocycles. The Hall–Kier alpha value is -3.32. The molecule has 0 saturated heterocycles. The summed E-state index contributed by atoms with van der Waals surface area (Å²) in [4.78, 5) is 23.1. The summed E-state index contributed by atoms with van der Waals surface area (Å²) in [6.07, 6.45) is 5.03. The SMILES string of the molecule is CCCCOc1cc(/C=C(/CCOCC)C(=O)O)ccc1OCCc1ccc(NC(=O)CC)cc1. The number of amides is 1. The molecule has 2 N–H and O–H groups in total. The van der Waals surface area contributed by atoms with Gasteiger partial charge in [-0.05, 0) is 54.8 Å². The molecule has 7 heteroatoms. The number of rotatable bonds is 16. The molecule has 0 aliphatic rings. The molecule has 0 atom stereocenters. The number of unbranched alkanes of at least 4 members (excludes halogenated alkanes) is 1. The molecule has 35 heavy (non-hydrogen) atoms. The molecule has 190 valence electrons. The van der Waals surface area contributed by atoms with Crippen molar-refractivity contribution in [2.75, 3.05) is 31.7 Å². The van der Waals surface area contributed by atoms with E-state index < -0.39 is 5.97 Å². The Morgan fingerprint density at radius 3 is 2.34 bits per heavy atom. The van der Waals surface area contributed by atoms with Gasteiger partial charge in [-0.2, -0.15) is 0 Å². The molecule has 0 unspecified atom stereocenters. The number of hydrogen-bond acceptors (Lipinski definition) is 5. The van der Waals surface area contributed by atoms with Crippen molar-refractivity contribution < 1.29 is 28.9 Å². The van der Waals surface area contributed by atoms with Gasteiger partial charge in [0.15, 0.2) is 11.5 Å². The summed E-state index contributed by atoms with van der Waals surface area (Å²) in [5, 5.41) is 12.4. The fourth-order valence-electron chi connectivity index (χ4n) is 3.22. The quantitative estimate of drug-likeness (QED) is 0.234. The topological polar surface area (TPSA) is 94.1 Å². The minimum atomic E-state index is -0.959. The Kier molecular flexibility index (Phi) is 12.4. The van der Waals surface area contributed by atoms with E-state index in [9.17, 15) is 14.7 Å². The molecular weight excluding hydrogens is 446 g/mol.